The molecule has 1 rings (SSSR count). The average molecular weight is 268 g/mol. The lowest BCUT2D eigenvalue weighted by molar-refractivity contribution is -0.139. The lowest BCUT2D eigenvalue weighted by Crippen LogP contribution is -2.46. The SMILES string of the molecule is CC(C)C[C@H](NC(=O)NCc1ccnn1C)C(=O)O. The first-order valence-corrected chi connectivity index (χ1v) is 6.14. The number of nitrogens with zero attached hydrogens (tertiary/aromatic N) is 2. The molecule has 1 atom stereocenters. The maximum Gasteiger partial charge on any atom is 0.326 e. The fraction of sp³-hybridized carbons (Fsp3) is 0.583. The highest BCUT2D eigenvalue weighted by molar-refractivity contribution is 5.82. The van der Waals surface area contributed by atoms with Gasteiger partial charge in [-0.1, -0.05) is 13.8 Å². The van der Waals surface area contributed by atoms with Crippen molar-refractivity contribution in [1.82, 2.24) is 20.4 Å². The summed E-state index contributed by atoms with van der Waals surface area (Å²) in [7, 11) is 1.77. The number of carboxylic acid groups (broad SMARTS) is 1. The predicted octanol–water partition coefficient (Wildman–Crippen LogP) is 0.719. The molecule has 106 valence electrons. The molecule has 1 aromatic heterocycles. The Morgan fingerprint density at radius 2 is 2.16 bits per heavy atom. The summed E-state index contributed by atoms with van der Waals surface area (Å²) in [5.74, 6) is -0.831. The van der Waals surface area contributed by atoms with Crippen molar-refractivity contribution in [2.24, 2.45) is 13.0 Å². The molecule has 19 heavy (non-hydrogen) atoms. The first kappa shape index (κ1) is 15.0. The quantitative estimate of drug-likeness (QED) is 0.708. The minimum atomic E-state index is -1.02. The maximum absolute atomic E-state index is 11.6. The second-order valence-electron chi connectivity index (χ2n) is 4.79. The molecule has 1 heterocycles. The van der Waals surface area contributed by atoms with E-state index in [1.54, 1.807) is 24.0 Å². The van der Waals surface area contributed by atoms with Gasteiger partial charge in [0.25, 0.3) is 0 Å². The summed E-state index contributed by atoms with van der Waals surface area (Å²) in [5.41, 5.74) is 0.839. The molecular formula is C12H20N4O3. The Morgan fingerprint density at radius 1 is 1.47 bits per heavy atom. The number of hydrogen-bond donors (Lipinski definition) is 3. The van der Waals surface area contributed by atoms with Crippen LogP contribution in [0, 0.1) is 5.92 Å². The maximum atomic E-state index is 11.6. The number of carboxylic acids is 1. The number of urea groups is 1. The minimum Gasteiger partial charge on any atom is -0.480 e. The van der Waals surface area contributed by atoms with E-state index in [4.69, 9.17) is 5.11 Å². The lowest BCUT2D eigenvalue weighted by Gasteiger charge is -2.16. The number of aromatic nitrogens is 2. The van der Waals surface area contributed by atoms with Crippen molar-refractivity contribution in [3.63, 3.8) is 0 Å². The van der Waals surface area contributed by atoms with Gasteiger partial charge >= 0.3 is 12.0 Å². The molecule has 0 aliphatic rings. The predicted molar refractivity (Wildman–Crippen MR) is 69.5 cm³/mol. The average Bonchev–Trinajstić information content (AvgIpc) is 2.70. The molecule has 2 amide bonds. The molecular weight excluding hydrogens is 248 g/mol. The van der Waals surface area contributed by atoms with Crippen LogP contribution in [-0.4, -0.2) is 32.9 Å². The third kappa shape index (κ3) is 4.99. The van der Waals surface area contributed by atoms with Gasteiger partial charge < -0.3 is 15.7 Å². The van der Waals surface area contributed by atoms with Gasteiger partial charge in [0.2, 0.25) is 0 Å². The first-order valence-electron chi connectivity index (χ1n) is 6.14. The number of nitrogens with one attached hydrogen (secondary N) is 2. The topological polar surface area (TPSA) is 96.3 Å². The monoisotopic (exact) mass is 268 g/mol. The zero-order valence-electron chi connectivity index (χ0n) is 11.4. The van der Waals surface area contributed by atoms with E-state index in [0.717, 1.165) is 5.69 Å². The standard InChI is InChI=1S/C12H20N4O3/c1-8(2)6-10(11(17)18)15-12(19)13-7-9-4-5-14-16(9)3/h4-5,8,10H,6-7H2,1-3H3,(H,17,18)(H2,13,15,19)/t10-/m0/s1. The Bertz CT molecular complexity index is 442. The molecule has 0 saturated carbocycles. The van der Waals surface area contributed by atoms with Gasteiger partial charge in [-0.15, -0.1) is 0 Å². The number of hydrogen-bond acceptors (Lipinski definition) is 3. The smallest absolute Gasteiger partial charge is 0.326 e. The van der Waals surface area contributed by atoms with Gasteiger partial charge in [0.05, 0.1) is 12.2 Å². The van der Waals surface area contributed by atoms with E-state index in [-0.39, 0.29) is 5.92 Å². The summed E-state index contributed by atoms with van der Waals surface area (Å²) in [6, 6.07) is 0.420. The van der Waals surface area contributed by atoms with Crippen LogP contribution in [0.1, 0.15) is 26.0 Å². The van der Waals surface area contributed by atoms with E-state index in [0.29, 0.717) is 13.0 Å². The molecule has 0 aliphatic heterocycles. The van der Waals surface area contributed by atoms with Crippen molar-refractivity contribution in [2.45, 2.75) is 32.9 Å². The van der Waals surface area contributed by atoms with E-state index in [9.17, 15) is 9.59 Å². The van der Waals surface area contributed by atoms with Crippen LogP contribution < -0.4 is 10.6 Å². The molecule has 0 fully saturated rings. The number of amides is 2. The Balaban J connectivity index is 2.45. The summed E-state index contributed by atoms with van der Waals surface area (Å²) in [5, 5.41) is 18.0. The summed E-state index contributed by atoms with van der Waals surface area (Å²) >= 11 is 0. The third-order valence-corrected chi connectivity index (χ3v) is 2.66. The van der Waals surface area contributed by atoms with Gasteiger partial charge in [-0.25, -0.2) is 9.59 Å². The highest BCUT2D eigenvalue weighted by Crippen LogP contribution is 2.04. The van der Waals surface area contributed by atoms with E-state index in [2.05, 4.69) is 15.7 Å². The Hall–Kier alpha value is -2.05. The van der Waals surface area contributed by atoms with Crippen molar-refractivity contribution in [3.05, 3.63) is 18.0 Å². The zero-order chi connectivity index (χ0) is 14.4. The first-order chi connectivity index (χ1) is 8.90. The Labute approximate surface area is 112 Å². The normalized spacial score (nSPS) is 12.2. The minimum absolute atomic E-state index is 0.193. The van der Waals surface area contributed by atoms with Gasteiger partial charge in [-0.2, -0.15) is 5.10 Å². The summed E-state index contributed by atoms with van der Waals surface area (Å²) in [6.45, 7) is 4.12. The molecule has 0 unspecified atom stereocenters. The molecule has 0 aromatic carbocycles. The van der Waals surface area contributed by atoms with Crippen LogP contribution in [0.2, 0.25) is 0 Å². The van der Waals surface area contributed by atoms with Crippen LogP contribution >= 0.6 is 0 Å². The van der Waals surface area contributed by atoms with Crippen LogP contribution in [0.4, 0.5) is 4.79 Å². The van der Waals surface area contributed by atoms with Gasteiger partial charge in [0, 0.05) is 13.2 Å². The van der Waals surface area contributed by atoms with Crippen molar-refractivity contribution in [2.75, 3.05) is 0 Å². The van der Waals surface area contributed by atoms with Crippen LogP contribution in [0.25, 0.3) is 0 Å². The number of carbonyl (C=O) groups excluding carboxylic acids is 1. The Morgan fingerprint density at radius 3 is 2.63 bits per heavy atom. The second kappa shape index (κ2) is 6.77. The van der Waals surface area contributed by atoms with Crippen molar-refractivity contribution >= 4 is 12.0 Å². The number of aliphatic carboxylic acids is 1. The van der Waals surface area contributed by atoms with E-state index < -0.39 is 18.0 Å². The second-order valence-corrected chi connectivity index (χ2v) is 4.79. The molecule has 0 aliphatic carbocycles. The van der Waals surface area contributed by atoms with Crippen LogP contribution in [0.15, 0.2) is 12.3 Å². The van der Waals surface area contributed by atoms with Crippen LogP contribution in [-0.2, 0) is 18.4 Å². The molecule has 1 aromatic rings. The number of rotatable bonds is 6. The fourth-order valence-corrected chi connectivity index (χ4v) is 1.65. The highest BCUT2D eigenvalue weighted by Gasteiger charge is 2.20. The number of carbonyl (C=O) groups is 2. The van der Waals surface area contributed by atoms with E-state index in [1.807, 2.05) is 13.8 Å². The van der Waals surface area contributed by atoms with Gasteiger partial charge in [0.1, 0.15) is 6.04 Å². The van der Waals surface area contributed by atoms with Gasteiger partial charge in [-0.05, 0) is 18.4 Å². The fourth-order valence-electron chi connectivity index (χ4n) is 1.65. The molecule has 7 nitrogen and oxygen atoms in total. The zero-order valence-corrected chi connectivity index (χ0v) is 11.4. The molecule has 0 radical (unpaired) electrons. The summed E-state index contributed by atoms with van der Waals surface area (Å²) in [6.07, 6.45) is 2.03. The van der Waals surface area contributed by atoms with Crippen molar-refractivity contribution in [3.8, 4) is 0 Å². The summed E-state index contributed by atoms with van der Waals surface area (Å²) < 4.78 is 1.64. The molecule has 7 heteroatoms. The van der Waals surface area contributed by atoms with Gasteiger partial charge in [0.15, 0.2) is 0 Å². The van der Waals surface area contributed by atoms with Crippen molar-refractivity contribution < 1.29 is 14.7 Å². The van der Waals surface area contributed by atoms with Crippen LogP contribution in [0.5, 0.6) is 0 Å². The van der Waals surface area contributed by atoms with E-state index >= 15 is 0 Å². The largest absolute Gasteiger partial charge is 0.480 e. The number of aryl methyl sites for hydroxylation is 1. The molecule has 0 bridgehead atoms. The summed E-state index contributed by atoms with van der Waals surface area (Å²) in [4.78, 5) is 22.6. The molecule has 3 N–H and O–H groups in total. The van der Waals surface area contributed by atoms with Gasteiger partial charge in [-0.3, -0.25) is 4.68 Å². The van der Waals surface area contributed by atoms with Crippen LogP contribution in [0.3, 0.4) is 0 Å². The van der Waals surface area contributed by atoms with E-state index in [1.165, 1.54) is 0 Å². The molecule has 0 saturated heterocycles. The lowest BCUT2D eigenvalue weighted by atomic mass is 10.0. The Kier molecular flexibility index (Phi) is 5.35. The van der Waals surface area contributed by atoms with Crippen molar-refractivity contribution in [1.29, 1.82) is 0 Å². The molecule has 0 spiro atoms. The highest BCUT2D eigenvalue weighted by atomic mass is 16.4. The third-order valence-electron chi connectivity index (χ3n) is 2.66.